The van der Waals surface area contributed by atoms with Gasteiger partial charge in [-0.2, -0.15) is 0 Å². The Bertz CT molecular complexity index is 643. The van der Waals surface area contributed by atoms with E-state index in [1.54, 1.807) is 0 Å². The van der Waals surface area contributed by atoms with Crippen LogP contribution in [-0.4, -0.2) is 79.8 Å². The summed E-state index contributed by atoms with van der Waals surface area (Å²) in [5, 5.41) is 0. The maximum Gasteiger partial charge on any atom is 0.254 e. The Morgan fingerprint density at radius 1 is 1.08 bits per heavy atom. The molecule has 26 heavy (non-hydrogen) atoms. The van der Waals surface area contributed by atoms with Gasteiger partial charge in [-0.15, -0.1) is 0 Å². The summed E-state index contributed by atoms with van der Waals surface area (Å²) in [4.78, 5) is 20.1. The third-order valence-electron chi connectivity index (χ3n) is 5.88. The Balaban J connectivity index is 1.39. The molecule has 1 aromatic carbocycles. The molecule has 1 aromatic rings. The molecule has 3 heterocycles. The van der Waals surface area contributed by atoms with Crippen LogP contribution in [-0.2, 0) is 0 Å². The van der Waals surface area contributed by atoms with E-state index in [9.17, 15) is 4.79 Å². The van der Waals surface area contributed by atoms with Crippen molar-refractivity contribution in [3.05, 3.63) is 23.8 Å². The molecular weight excluding hydrogens is 330 g/mol. The summed E-state index contributed by atoms with van der Waals surface area (Å²) in [6.45, 7) is 6.75. The van der Waals surface area contributed by atoms with E-state index in [1.807, 2.05) is 18.2 Å². The maximum absolute atomic E-state index is 13.1. The average molecular weight is 359 g/mol. The number of likely N-dealkylation sites (N-methyl/N-ethyl adjacent to an activating group) is 1. The topological polar surface area (TPSA) is 45.2 Å². The van der Waals surface area contributed by atoms with Crippen LogP contribution in [0.4, 0.5) is 0 Å². The number of amides is 1. The van der Waals surface area contributed by atoms with Crippen molar-refractivity contribution in [1.82, 2.24) is 14.7 Å². The fraction of sp³-hybridized carbons (Fsp3) is 0.650. The SMILES string of the molecule is CN1CCN(CCC2CCCCN2C(=O)c2ccc3c(c2)OCO3)CC1. The molecule has 2 fully saturated rings. The van der Waals surface area contributed by atoms with Gasteiger partial charge in [0.1, 0.15) is 0 Å². The lowest BCUT2D eigenvalue weighted by molar-refractivity contribution is 0.0569. The first-order valence-electron chi connectivity index (χ1n) is 9.82. The highest BCUT2D eigenvalue weighted by atomic mass is 16.7. The smallest absolute Gasteiger partial charge is 0.254 e. The van der Waals surface area contributed by atoms with Crippen LogP contribution >= 0.6 is 0 Å². The van der Waals surface area contributed by atoms with Gasteiger partial charge < -0.3 is 24.2 Å². The second-order valence-corrected chi connectivity index (χ2v) is 7.65. The molecule has 6 nitrogen and oxygen atoms in total. The van der Waals surface area contributed by atoms with E-state index in [0.717, 1.165) is 64.3 Å². The van der Waals surface area contributed by atoms with Gasteiger partial charge in [-0.1, -0.05) is 0 Å². The Labute approximate surface area is 155 Å². The van der Waals surface area contributed by atoms with Crippen molar-refractivity contribution >= 4 is 5.91 Å². The van der Waals surface area contributed by atoms with Crippen LogP contribution in [0.15, 0.2) is 18.2 Å². The van der Waals surface area contributed by atoms with Crippen LogP contribution in [0.1, 0.15) is 36.0 Å². The van der Waals surface area contributed by atoms with Crippen LogP contribution in [0.3, 0.4) is 0 Å². The fourth-order valence-corrected chi connectivity index (χ4v) is 4.17. The summed E-state index contributed by atoms with van der Waals surface area (Å²) in [7, 11) is 2.18. The molecule has 1 amide bonds. The molecule has 2 saturated heterocycles. The van der Waals surface area contributed by atoms with Crippen molar-refractivity contribution in [2.45, 2.75) is 31.7 Å². The number of carbonyl (C=O) groups excluding carboxylic acids is 1. The van der Waals surface area contributed by atoms with Gasteiger partial charge in [0.25, 0.3) is 5.91 Å². The molecule has 6 heteroatoms. The van der Waals surface area contributed by atoms with E-state index in [4.69, 9.17) is 9.47 Å². The number of likely N-dealkylation sites (tertiary alicyclic amines) is 1. The van der Waals surface area contributed by atoms with Crippen molar-refractivity contribution in [3.8, 4) is 11.5 Å². The number of hydrogen-bond donors (Lipinski definition) is 0. The zero-order valence-electron chi connectivity index (χ0n) is 15.7. The number of piperazine rings is 1. The van der Waals surface area contributed by atoms with Gasteiger partial charge in [-0.05, 0) is 50.9 Å². The summed E-state index contributed by atoms with van der Waals surface area (Å²) >= 11 is 0. The second kappa shape index (κ2) is 7.84. The molecule has 0 aromatic heterocycles. The largest absolute Gasteiger partial charge is 0.454 e. The van der Waals surface area contributed by atoms with E-state index < -0.39 is 0 Å². The second-order valence-electron chi connectivity index (χ2n) is 7.65. The van der Waals surface area contributed by atoms with Crippen LogP contribution < -0.4 is 9.47 Å². The van der Waals surface area contributed by atoms with Crippen molar-refractivity contribution in [3.63, 3.8) is 0 Å². The summed E-state index contributed by atoms with van der Waals surface area (Å²) in [5.41, 5.74) is 0.709. The van der Waals surface area contributed by atoms with E-state index in [2.05, 4.69) is 21.7 Å². The maximum atomic E-state index is 13.1. The zero-order valence-corrected chi connectivity index (χ0v) is 15.7. The average Bonchev–Trinajstić information content (AvgIpc) is 3.15. The van der Waals surface area contributed by atoms with Crippen molar-refractivity contribution in [2.24, 2.45) is 0 Å². The lowest BCUT2D eigenvalue weighted by atomic mass is 9.97. The highest BCUT2D eigenvalue weighted by molar-refractivity contribution is 5.95. The molecule has 3 aliphatic heterocycles. The number of rotatable bonds is 4. The Morgan fingerprint density at radius 3 is 2.73 bits per heavy atom. The van der Waals surface area contributed by atoms with Gasteiger partial charge in [0.2, 0.25) is 6.79 Å². The first-order valence-corrected chi connectivity index (χ1v) is 9.82. The Morgan fingerprint density at radius 2 is 1.88 bits per heavy atom. The van der Waals surface area contributed by atoms with Crippen LogP contribution in [0.25, 0.3) is 0 Å². The standard InChI is InChI=1S/C20H29N3O3/c1-21-10-12-22(13-11-21)9-7-17-4-2-3-8-23(17)20(24)16-5-6-18-19(14-16)26-15-25-18/h5-6,14,17H,2-4,7-13,15H2,1H3. The summed E-state index contributed by atoms with van der Waals surface area (Å²) in [5.74, 6) is 1.54. The first-order chi connectivity index (χ1) is 12.7. The first kappa shape index (κ1) is 17.6. The van der Waals surface area contributed by atoms with Crippen LogP contribution in [0.5, 0.6) is 11.5 Å². The Kier molecular flexibility index (Phi) is 5.31. The minimum atomic E-state index is 0.131. The number of hydrogen-bond acceptors (Lipinski definition) is 5. The minimum absolute atomic E-state index is 0.131. The highest BCUT2D eigenvalue weighted by Gasteiger charge is 2.29. The van der Waals surface area contributed by atoms with Crippen molar-refractivity contribution in [2.75, 3.05) is 53.1 Å². The quantitative estimate of drug-likeness (QED) is 0.823. The molecule has 0 aliphatic carbocycles. The molecule has 4 rings (SSSR count). The van der Waals surface area contributed by atoms with Crippen molar-refractivity contribution in [1.29, 1.82) is 0 Å². The van der Waals surface area contributed by atoms with Crippen LogP contribution in [0, 0.1) is 0 Å². The lowest BCUT2D eigenvalue weighted by Gasteiger charge is -2.38. The molecule has 0 bridgehead atoms. The third-order valence-corrected chi connectivity index (χ3v) is 5.88. The van der Waals surface area contributed by atoms with E-state index in [-0.39, 0.29) is 12.7 Å². The molecular formula is C20H29N3O3. The van der Waals surface area contributed by atoms with Gasteiger partial charge in [0.15, 0.2) is 11.5 Å². The monoisotopic (exact) mass is 359 g/mol. The third kappa shape index (κ3) is 3.81. The number of ether oxygens (including phenoxy) is 2. The predicted octanol–water partition coefficient (Wildman–Crippen LogP) is 2.05. The van der Waals surface area contributed by atoms with Crippen molar-refractivity contribution < 1.29 is 14.3 Å². The molecule has 0 N–H and O–H groups in total. The van der Waals surface area contributed by atoms with Gasteiger partial charge in [-0.25, -0.2) is 0 Å². The number of nitrogens with zero attached hydrogens (tertiary/aromatic N) is 3. The van der Waals surface area contributed by atoms with Gasteiger partial charge in [0.05, 0.1) is 0 Å². The molecule has 1 atom stereocenters. The fourth-order valence-electron chi connectivity index (χ4n) is 4.17. The summed E-state index contributed by atoms with van der Waals surface area (Å²) < 4.78 is 10.8. The molecule has 0 saturated carbocycles. The minimum Gasteiger partial charge on any atom is -0.454 e. The number of piperidine rings is 1. The van der Waals surface area contributed by atoms with E-state index in [1.165, 1.54) is 6.42 Å². The summed E-state index contributed by atoms with van der Waals surface area (Å²) in [6, 6.07) is 5.89. The number of carbonyl (C=O) groups is 1. The van der Waals surface area contributed by atoms with E-state index in [0.29, 0.717) is 17.4 Å². The molecule has 0 radical (unpaired) electrons. The predicted molar refractivity (Wildman–Crippen MR) is 99.8 cm³/mol. The lowest BCUT2D eigenvalue weighted by Crippen LogP contribution is -2.48. The molecule has 1 unspecified atom stereocenters. The highest BCUT2D eigenvalue weighted by Crippen LogP contribution is 2.33. The zero-order chi connectivity index (χ0) is 17.9. The van der Waals surface area contributed by atoms with E-state index >= 15 is 0 Å². The molecule has 142 valence electrons. The molecule has 3 aliphatic rings. The Hall–Kier alpha value is -1.79. The van der Waals surface area contributed by atoms with Gasteiger partial charge >= 0.3 is 0 Å². The van der Waals surface area contributed by atoms with Gasteiger partial charge in [0, 0.05) is 50.9 Å². The number of benzene rings is 1. The normalized spacial score (nSPS) is 24.0. The number of fused-ring (bicyclic) bond motifs is 1. The molecule has 0 spiro atoms. The van der Waals surface area contributed by atoms with Crippen LogP contribution in [0.2, 0.25) is 0 Å². The van der Waals surface area contributed by atoms with Gasteiger partial charge in [-0.3, -0.25) is 4.79 Å². The summed E-state index contributed by atoms with van der Waals surface area (Å²) in [6.07, 6.45) is 4.50.